The van der Waals surface area contributed by atoms with Gasteiger partial charge in [-0.15, -0.1) is 16.8 Å². The molecule has 154 valence electrons. The number of aromatic amines is 1. The molecule has 3 aromatic heterocycles. The molecule has 3 heterocycles. The fourth-order valence-electron chi connectivity index (χ4n) is 2.90. The lowest BCUT2D eigenvalue weighted by Gasteiger charge is -2.09. The third-order valence-corrected chi connectivity index (χ3v) is 6.97. The number of nitrogens with one attached hydrogen (secondary N) is 2. The number of benzene rings is 1. The number of aromatic nitrogens is 5. The SMILES string of the molecule is C=CCn1c(SCC(=O)Nc2nnc(SCC)s2)nc2c([nH]c3ccccc32)c1=O. The molecule has 1 amide bonds. The van der Waals surface area contributed by atoms with Gasteiger partial charge in [0, 0.05) is 17.4 Å². The van der Waals surface area contributed by atoms with E-state index in [4.69, 9.17) is 0 Å². The van der Waals surface area contributed by atoms with Gasteiger partial charge in [-0.3, -0.25) is 19.5 Å². The van der Waals surface area contributed by atoms with Gasteiger partial charge < -0.3 is 4.98 Å². The Morgan fingerprint density at radius 3 is 2.97 bits per heavy atom. The van der Waals surface area contributed by atoms with E-state index in [0.717, 1.165) is 21.0 Å². The first kappa shape index (κ1) is 20.6. The van der Waals surface area contributed by atoms with Crippen molar-refractivity contribution in [2.75, 3.05) is 16.8 Å². The van der Waals surface area contributed by atoms with Gasteiger partial charge in [0.15, 0.2) is 9.50 Å². The van der Waals surface area contributed by atoms with E-state index in [0.29, 0.717) is 27.9 Å². The number of para-hydroxylation sites is 1. The minimum atomic E-state index is -0.234. The number of hydrogen-bond acceptors (Lipinski definition) is 8. The van der Waals surface area contributed by atoms with Crippen LogP contribution in [0.5, 0.6) is 0 Å². The van der Waals surface area contributed by atoms with Gasteiger partial charge in [-0.05, 0) is 11.8 Å². The molecule has 0 saturated heterocycles. The molecule has 4 rings (SSSR count). The summed E-state index contributed by atoms with van der Waals surface area (Å²) in [6.45, 7) is 6.06. The number of rotatable bonds is 8. The highest BCUT2D eigenvalue weighted by molar-refractivity contribution is 8.01. The summed E-state index contributed by atoms with van der Waals surface area (Å²) in [6.07, 6.45) is 1.63. The van der Waals surface area contributed by atoms with E-state index in [9.17, 15) is 9.59 Å². The molecule has 1 aromatic carbocycles. The number of hydrogen-bond donors (Lipinski definition) is 2. The second-order valence-corrected chi connectivity index (χ2v) is 9.57. The molecule has 30 heavy (non-hydrogen) atoms. The Morgan fingerprint density at radius 1 is 1.33 bits per heavy atom. The largest absolute Gasteiger partial charge is 0.349 e. The summed E-state index contributed by atoms with van der Waals surface area (Å²) in [5, 5.41) is 12.5. The maximum Gasteiger partial charge on any atom is 0.278 e. The molecule has 0 aliphatic heterocycles. The third kappa shape index (κ3) is 4.13. The molecular weight excluding hydrogens is 440 g/mol. The summed E-state index contributed by atoms with van der Waals surface area (Å²) >= 11 is 4.11. The average molecular weight is 459 g/mol. The molecule has 0 bridgehead atoms. The van der Waals surface area contributed by atoms with Crippen LogP contribution in [0.1, 0.15) is 6.92 Å². The molecule has 4 aromatic rings. The number of anilines is 1. The third-order valence-electron chi connectivity index (χ3n) is 4.14. The minimum Gasteiger partial charge on any atom is -0.349 e. The molecule has 0 unspecified atom stereocenters. The van der Waals surface area contributed by atoms with Crippen LogP contribution in [0.4, 0.5) is 5.13 Å². The maximum atomic E-state index is 13.0. The summed E-state index contributed by atoms with van der Waals surface area (Å²) in [6, 6.07) is 7.63. The fourth-order valence-corrected chi connectivity index (χ4v) is 5.37. The van der Waals surface area contributed by atoms with Crippen molar-refractivity contribution >= 4 is 67.8 Å². The Kier molecular flexibility index (Phi) is 6.21. The van der Waals surface area contributed by atoms with Crippen molar-refractivity contribution in [3.8, 4) is 0 Å². The molecule has 0 fully saturated rings. The van der Waals surface area contributed by atoms with Crippen LogP contribution in [0.25, 0.3) is 21.9 Å². The van der Waals surface area contributed by atoms with Gasteiger partial charge in [-0.1, -0.05) is 66.1 Å². The second-order valence-electron chi connectivity index (χ2n) is 6.14. The first-order valence-electron chi connectivity index (χ1n) is 9.11. The summed E-state index contributed by atoms with van der Waals surface area (Å²) < 4.78 is 2.33. The van der Waals surface area contributed by atoms with Gasteiger partial charge in [-0.2, -0.15) is 0 Å². The van der Waals surface area contributed by atoms with E-state index in [1.807, 2.05) is 31.2 Å². The van der Waals surface area contributed by atoms with Gasteiger partial charge in [0.2, 0.25) is 11.0 Å². The van der Waals surface area contributed by atoms with E-state index in [-0.39, 0.29) is 17.2 Å². The van der Waals surface area contributed by atoms with Gasteiger partial charge in [0.05, 0.1) is 5.75 Å². The molecule has 0 radical (unpaired) electrons. The lowest BCUT2D eigenvalue weighted by Crippen LogP contribution is -2.23. The Hall–Kier alpha value is -2.63. The molecule has 0 saturated carbocycles. The molecule has 0 atom stereocenters. The highest BCUT2D eigenvalue weighted by Gasteiger charge is 2.17. The van der Waals surface area contributed by atoms with Crippen molar-refractivity contribution in [2.45, 2.75) is 23.0 Å². The quantitative estimate of drug-likeness (QED) is 0.179. The highest BCUT2D eigenvalue weighted by atomic mass is 32.2. The smallest absolute Gasteiger partial charge is 0.278 e. The lowest BCUT2D eigenvalue weighted by molar-refractivity contribution is -0.113. The predicted octanol–water partition coefficient (Wildman–Crippen LogP) is 3.76. The average Bonchev–Trinajstić information content (AvgIpc) is 3.33. The van der Waals surface area contributed by atoms with Gasteiger partial charge in [0.1, 0.15) is 11.0 Å². The molecule has 0 aliphatic carbocycles. The topological polar surface area (TPSA) is 106 Å². The number of nitrogens with zero attached hydrogens (tertiary/aromatic N) is 4. The normalized spacial score (nSPS) is 11.2. The van der Waals surface area contributed by atoms with Gasteiger partial charge >= 0.3 is 0 Å². The second kappa shape index (κ2) is 9.02. The first-order valence-corrected chi connectivity index (χ1v) is 11.9. The number of carbonyl (C=O) groups is 1. The summed E-state index contributed by atoms with van der Waals surface area (Å²) in [4.78, 5) is 33.2. The van der Waals surface area contributed by atoms with E-state index in [1.165, 1.54) is 27.7 Å². The zero-order valence-corrected chi connectivity index (χ0v) is 18.5. The zero-order chi connectivity index (χ0) is 21.1. The van der Waals surface area contributed by atoms with E-state index < -0.39 is 0 Å². The Labute approximate surface area is 184 Å². The number of thioether (sulfide) groups is 2. The van der Waals surface area contributed by atoms with Gasteiger partial charge in [0.25, 0.3) is 5.56 Å². The number of carbonyl (C=O) groups excluding carboxylic acids is 1. The standard InChI is InChI=1S/C19H18N6O2S3/c1-3-9-25-16(27)15-14(11-7-5-6-8-12(11)20-15)22-18(25)29-10-13(26)21-17-23-24-19(30-17)28-4-2/h3,5-8,20H,1,4,9-10H2,2H3,(H,21,23,26). The monoisotopic (exact) mass is 458 g/mol. The number of allylic oxidation sites excluding steroid dienone is 1. The number of fused-ring (bicyclic) bond motifs is 3. The molecule has 0 aliphatic rings. The highest BCUT2D eigenvalue weighted by Crippen LogP contribution is 2.26. The number of amides is 1. The molecule has 0 spiro atoms. The van der Waals surface area contributed by atoms with Crippen LogP contribution >= 0.6 is 34.9 Å². The fraction of sp³-hybridized carbons (Fsp3) is 0.211. The van der Waals surface area contributed by atoms with Crippen molar-refractivity contribution in [2.24, 2.45) is 0 Å². The van der Waals surface area contributed by atoms with Crippen LogP contribution in [0.2, 0.25) is 0 Å². The summed E-state index contributed by atoms with van der Waals surface area (Å²) in [5.74, 6) is 0.747. The Morgan fingerprint density at radius 2 is 2.17 bits per heavy atom. The Balaban J connectivity index is 1.59. The molecule has 8 nitrogen and oxygen atoms in total. The number of H-pyrrole nitrogens is 1. The van der Waals surface area contributed by atoms with Crippen LogP contribution < -0.4 is 10.9 Å². The van der Waals surface area contributed by atoms with Crippen LogP contribution in [0, 0.1) is 0 Å². The minimum absolute atomic E-state index is 0.0906. The Bertz CT molecular complexity index is 1290. The molecule has 11 heteroatoms. The molecule has 2 N–H and O–H groups in total. The predicted molar refractivity (Wildman–Crippen MR) is 124 cm³/mol. The van der Waals surface area contributed by atoms with Crippen molar-refractivity contribution < 1.29 is 4.79 Å². The first-order chi connectivity index (χ1) is 14.6. The van der Waals surface area contributed by atoms with Crippen molar-refractivity contribution in [3.63, 3.8) is 0 Å². The summed E-state index contributed by atoms with van der Waals surface area (Å²) in [7, 11) is 0. The maximum absolute atomic E-state index is 13.0. The van der Waals surface area contributed by atoms with Crippen LogP contribution in [0.3, 0.4) is 0 Å². The van der Waals surface area contributed by atoms with Crippen molar-refractivity contribution in [3.05, 3.63) is 47.3 Å². The van der Waals surface area contributed by atoms with Crippen LogP contribution in [-0.2, 0) is 11.3 Å². The van der Waals surface area contributed by atoms with E-state index in [2.05, 4.69) is 32.1 Å². The lowest BCUT2D eigenvalue weighted by atomic mass is 10.2. The van der Waals surface area contributed by atoms with Crippen molar-refractivity contribution in [1.29, 1.82) is 0 Å². The van der Waals surface area contributed by atoms with E-state index >= 15 is 0 Å². The van der Waals surface area contributed by atoms with E-state index in [1.54, 1.807) is 17.8 Å². The summed E-state index contributed by atoms with van der Waals surface area (Å²) in [5.41, 5.74) is 1.70. The van der Waals surface area contributed by atoms with Crippen molar-refractivity contribution in [1.82, 2.24) is 24.7 Å². The zero-order valence-electron chi connectivity index (χ0n) is 16.0. The van der Waals surface area contributed by atoms with Gasteiger partial charge in [-0.25, -0.2) is 4.98 Å². The van der Waals surface area contributed by atoms with Crippen LogP contribution in [-0.4, -0.2) is 42.1 Å². The van der Waals surface area contributed by atoms with Crippen LogP contribution in [0.15, 0.2) is 51.2 Å². The molecular formula is C19H18N6O2S3.